The third kappa shape index (κ3) is 6.80. The fourth-order valence-corrected chi connectivity index (χ4v) is 3.17. The number of nitrogens with two attached hydrogens (primary N) is 1. The Morgan fingerprint density at radius 3 is 2.41 bits per heavy atom. The van der Waals surface area contributed by atoms with Crippen LogP contribution >= 0.6 is 12.4 Å². The second-order valence-corrected chi connectivity index (χ2v) is 7.53. The van der Waals surface area contributed by atoms with Crippen LogP contribution in [0.1, 0.15) is 60.4 Å². The molecule has 0 radical (unpaired) electrons. The minimum absolute atomic E-state index is 0. The van der Waals surface area contributed by atoms with E-state index in [4.69, 9.17) is 5.73 Å². The van der Waals surface area contributed by atoms with Crippen molar-refractivity contribution in [3.63, 3.8) is 0 Å². The standard InChI is InChI=1S/C22H32N2O2.ClH/c1-4-24-19(14-15-22(3,23)16-25)12-13-20(24)21(26)7-5-6-18-10-8-17(2)9-11-18;/h8-13,25H,4-7,14-16,23H2,1-3H3;1H/t22-;/m1./s1. The van der Waals surface area contributed by atoms with Gasteiger partial charge in [-0.1, -0.05) is 29.8 Å². The summed E-state index contributed by atoms with van der Waals surface area (Å²) in [5.74, 6) is 0.197. The van der Waals surface area contributed by atoms with E-state index in [2.05, 4.69) is 42.7 Å². The number of aliphatic hydroxyl groups excluding tert-OH is 1. The number of Topliss-reactive ketones (excluding diaryl/α,β-unsaturated/α-hetero) is 1. The maximum absolute atomic E-state index is 12.7. The Hall–Kier alpha value is -1.62. The number of aromatic nitrogens is 1. The average molecular weight is 393 g/mol. The molecule has 150 valence electrons. The van der Waals surface area contributed by atoms with Gasteiger partial charge in [-0.25, -0.2) is 0 Å². The summed E-state index contributed by atoms with van der Waals surface area (Å²) in [6.45, 7) is 6.72. The van der Waals surface area contributed by atoms with Crippen molar-refractivity contribution in [2.24, 2.45) is 5.73 Å². The van der Waals surface area contributed by atoms with Gasteiger partial charge in [0.2, 0.25) is 0 Å². The van der Waals surface area contributed by atoms with Crippen molar-refractivity contribution < 1.29 is 9.90 Å². The number of aliphatic hydroxyl groups is 1. The molecule has 0 aliphatic rings. The molecule has 4 nitrogen and oxygen atoms in total. The van der Waals surface area contributed by atoms with E-state index < -0.39 is 5.54 Å². The summed E-state index contributed by atoms with van der Waals surface area (Å²) >= 11 is 0. The molecule has 2 aromatic rings. The van der Waals surface area contributed by atoms with E-state index in [1.807, 2.05) is 19.1 Å². The Labute approximate surface area is 169 Å². The molecule has 0 saturated carbocycles. The lowest BCUT2D eigenvalue weighted by molar-refractivity contribution is 0.0971. The van der Waals surface area contributed by atoms with Crippen LogP contribution in [0.15, 0.2) is 36.4 Å². The average Bonchev–Trinajstić information content (AvgIpc) is 3.04. The number of hydrogen-bond donors (Lipinski definition) is 2. The monoisotopic (exact) mass is 392 g/mol. The number of aryl methyl sites for hydroxylation is 3. The Bertz CT molecular complexity index is 720. The number of halogens is 1. The predicted molar refractivity (Wildman–Crippen MR) is 114 cm³/mol. The van der Waals surface area contributed by atoms with Gasteiger partial charge < -0.3 is 15.4 Å². The lowest BCUT2D eigenvalue weighted by atomic mass is 9.97. The summed E-state index contributed by atoms with van der Waals surface area (Å²) in [5, 5.41) is 9.31. The molecule has 0 unspecified atom stereocenters. The van der Waals surface area contributed by atoms with E-state index in [1.54, 1.807) is 0 Å². The normalized spacial score (nSPS) is 13.1. The van der Waals surface area contributed by atoms with E-state index >= 15 is 0 Å². The zero-order chi connectivity index (χ0) is 19.2. The molecule has 0 amide bonds. The summed E-state index contributed by atoms with van der Waals surface area (Å²) < 4.78 is 2.08. The van der Waals surface area contributed by atoms with E-state index in [-0.39, 0.29) is 24.8 Å². The van der Waals surface area contributed by atoms with Crippen LogP contribution in [0.5, 0.6) is 0 Å². The number of carbonyl (C=O) groups excluding carboxylic acids is 1. The largest absolute Gasteiger partial charge is 0.394 e. The van der Waals surface area contributed by atoms with Crippen LogP contribution in [0, 0.1) is 6.92 Å². The van der Waals surface area contributed by atoms with E-state index in [9.17, 15) is 9.90 Å². The van der Waals surface area contributed by atoms with Crippen LogP contribution in [-0.4, -0.2) is 27.6 Å². The van der Waals surface area contributed by atoms with E-state index in [0.29, 0.717) is 12.8 Å². The number of hydrogen-bond acceptors (Lipinski definition) is 3. The van der Waals surface area contributed by atoms with Crippen molar-refractivity contribution >= 4 is 18.2 Å². The van der Waals surface area contributed by atoms with E-state index in [0.717, 1.165) is 37.2 Å². The quantitative estimate of drug-likeness (QED) is 0.598. The zero-order valence-corrected chi connectivity index (χ0v) is 17.5. The van der Waals surface area contributed by atoms with Gasteiger partial charge in [0.05, 0.1) is 12.3 Å². The van der Waals surface area contributed by atoms with Gasteiger partial charge in [0.15, 0.2) is 5.78 Å². The molecule has 5 heteroatoms. The third-order valence-electron chi connectivity index (χ3n) is 4.98. The van der Waals surface area contributed by atoms with Gasteiger partial charge in [-0.05, 0) is 64.2 Å². The highest BCUT2D eigenvalue weighted by molar-refractivity contribution is 5.94. The highest BCUT2D eigenvalue weighted by Gasteiger charge is 2.19. The molecular weight excluding hydrogens is 360 g/mol. The van der Waals surface area contributed by atoms with Crippen molar-refractivity contribution in [2.45, 2.75) is 65.0 Å². The first-order valence-corrected chi connectivity index (χ1v) is 9.53. The minimum atomic E-state index is -0.582. The van der Waals surface area contributed by atoms with Crippen molar-refractivity contribution in [2.75, 3.05) is 6.61 Å². The molecule has 0 bridgehead atoms. The van der Waals surface area contributed by atoms with Crippen LogP contribution in [0.3, 0.4) is 0 Å². The molecule has 1 heterocycles. The third-order valence-corrected chi connectivity index (χ3v) is 4.98. The van der Waals surface area contributed by atoms with Gasteiger partial charge in [-0.3, -0.25) is 4.79 Å². The lowest BCUT2D eigenvalue weighted by Gasteiger charge is -2.22. The molecule has 27 heavy (non-hydrogen) atoms. The van der Waals surface area contributed by atoms with Crippen molar-refractivity contribution in [1.82, 2.24) is 4.57 Å². The summed E-state index contributed by atoms with van der Waals surface area (Å²) in [6.07, 6.45) is 3.79. The molecule has 1 aromatic heterocycles. The van der Waals surface area contributed by atoms with Crippen LogP contribution in [0.2, 0.25) is 0 Å². The van der Waals surface area contributed by atoms with Crippen LogP contribution < -0.4 is 5.73 Å². The maximum Gasteiger partial charge on any atom is 0.179 e. The summed E-state index contributed by atoms with van der Waals surface area (Å²) in [6, 6.07) is 12.5. The van der Waals surface area contributed by atoms with E-state index in [1.165, 1.54) is 11.1 Å². The fourth-order valence-electron chi connectivity index (χ4n) is 3.17. The fraction of sp³-hybridized carbons (Fsp3) is 0.500. The molecule has 0 saturated heterocycles. The Kier molecular flexibility index (Phi) is 9.23. The lowest BCUT2D eigenvalue weighted by Crippen LogP contribution is -2.40. The molecule has 1 aromatic carbocycles. The van der Waals surface area contributed by atoms with Crippen LogP contribution in [-0.2, 0) is 19.4 Å². The zero-order valence-electron chi connectivity index (χ0n) is 16.7. The van der Waals surface area contributed by atoms with Crippen molar-refractivity contribution in [3.8, 4) is 0 Å². The summed E-state index contributed by atoms with van der Waals surface area (Å²) in [5.41, 5.74) is 9.88. The second kappa shape index (κ2) is 10.6. The van der Waals surface area contributed by atoms with Gasteiger partial charge in [0.25, 0.3) is 0 Å². The highest BCUT2D eigenvalue weighted by atomic mass is 35.5. The van der Waals surface area contributed by atoms with Gasteiger partial charge >= 0.3 is 0 Å². The van der Waals surface area contributed by atoms with Crippen molar-refractivity contribution in [1.29, 1.82) is 0 Å². The number of carbonyl (C=O) groups is 1. The van der Waals surface area contributed by atoms with Gasteiger partial charge in [-0.2, -0.15) is 0 Å². The summed E-state index contributed by atoms with van der Waals surface area (Å²) in [7, 11) is 0. The second-order valence-electron chi connectivity index (χ2n) is 7.53. The SMILES string of the molecule is CCn1c(CC[C@@](C)(N)CO)ccc1C(=O)CCCc1ccc(C)cc1.Cl. The van der Waals surface area contributed by atoms with Crippen LogP contribution in [0.4, 0.5) is 0 Å². The number of rotatable bonds is 10. The Morgan fingerprint density at radius 2 is 1.81 bits per heavy atom. The minimum Gasteiger partial charge on any atom is -0.394 e. The number of ketones is 1. The predicted octanol–water partition coefficient (Wildman–Crippen LogP) is 4.09. The summed E-state index contributed by atoms with van der Waals surface area (Å²) in [4.78, 5) is 12.7. The molecule has 0 aliphatic heterocycles. The van der Waals surface area contributed by atoms with Gasteiger partial charge in [-0.15, -0.1) is 12.4 Å². The molecule has 2 rings (SSSR count). The Balaban J connectivity index is 0.00000364. The topological polar surface area (TPSA) is 68.2 Å². The molecule has 0 aliphatic carbocycles. The molecule has 1 atom stereocenters. The van der Waals surface area contributed by atoms with Gasteiger partial charge in [0.1, 0.15) is 0 Å². The number of benzene rings is 1. The number of nitrogens with zero attached hydrogens (tertiary/aromatic N) is 1. The molecule has 3 N–H and O–H groups in total. The van der Waals surface area contributed by atoms with Crippen molar-refractivity contribution in [3.05, 3.63) is 58.9 Å². The maximum atomic E-state index is 12.7. The first-order valence-electron chi connectivity index (χ1n) is 9.53. The van der Waals surface area contributed by atoms with Gasteiger partial charge in [0, 0.05) is 24.2 Å². The molecular formula is C22H33ClN2O2. The first kappa shape index (κ1) is 23.4. The highest BCUT2D eigenvalue weighted by Crippen LogP contribution is 2.18. The Morgan fingerprint density at radius 1 is 1.15 bits per heavy atom. The molecule has 0 fully saturated rings. The molecule has 0 spiro atoms. The smallest absolute Gasteiger partial charge is 0.179 e. The van der Waals surface area contributed by atoms with Crippen LogP contribution in [0.25, 0.3) is 0 Å². The first-order chi connectivity index (χ1) is 12.4.